The Morgan fingerprint density at radius 3 is 2.55 bits per heavy atom. The lowest BCUT2D eigenvalue weighted by atomic mass is 9.97. The van der Waals surface area contributed by atoms with Gasteiger partial charge in [0.15, 0.2) is 11.5 Å². The fraction of sp³-hybridized carbons (Fsp3) is 0.529. The fourth-order valence-corrected chi connectivity index (χ4v) is 2.23. The molecule has 0 aliphatic carbocycles. The Hall–Kier alpha value is -1.48. The number of ether oxygens (including phenoxy) is 2. The van der Waals surface area contributed by atoms with Crippen LogP contribution in [0.25, 0.3) is 0 Å². The highest BCUT2D eigenvalue weighted by molar-refractivity contribution is 5.48. The molecule has 0 saturated carbocycles. The topological polar surface area (TPSA) is 30.5 Å². The number of methoxy groups -OCH3 is 2. The van der Waals surface area contributed by atoms with Crippen molar-refractivity contribution >= 4 is 0 Å². The second-order valence-corrected chi connectivity index (χ2v) is 4.90. The monoisotopic (exact) mass is 277 g/mol. The minimum Gasteiger partial charge on any atom is -0.493 e. The van der Waals surface area contributed by atoms with Crippen molar-refractivity contribution in [2.45, 2.75) is 39.2 Å². The molecule has 0 aliphatic heterocycles. The zero-order chi connectivity index (χ0) is 15.0. The summed E-state index contributed by atoms with van der Waals surface area (Å²) in [4.78, 5) is 0. The van der Waals surface area contributed by atoms with Gasteiger partial charge >= 0.3 is 0 Å². The zero-order valence-electron chi connectivity index (χ0n) is 13.2. The molecule has 0 amide bonds. The Kier molecular flexibility index (Phi) is 7.16. The highest BCUT2D eigenvalue weighted by Gasteiger charge is 2.19. The van der Waals surface area contributed by atoms with E-state index in [1.54, 1.807) is 14.2 Å². The van der Waals surface area contributed by atoms with Crippen LogP contribution in [0.4, 0.5) is 0 Å². The van der Waals surface area contributed by atoms with Crippen LogP contribution in [0.2, 0.25) is 0 Å². The SMILES string of the molecule is C=C(CC)CC(NCCC)c1cccc(OC)c1OC. The summed E-state index contributed by atoms with van der Waals surface area (Å²) < 4.78 is 10.9. The third-order valence-electron chi connectivity index (χ3n) is 3.44. The maximum Gasteiger partial charge on any atom is 0.165 e. The average Bonchev–Trinajstić information content (AvgIpc) is 2.50. The highest BCUT2D eigenvalue weighted by atomic mass is 16.5. The molecule has 1 N–H and O–H groups in total. The van der Waals surface area contributed by atoms with Crippen LogP contribution in [0.5, 0.6) is 11.5 Å². The molecule has 0 aromatic heterocycles. The molecule has 0 heterocycles. The molecule has 0 aliphatic rings. The second kappa shape index (κ2) is 8.64. The first-order valence-corrected chi connectivity index (χ1v) is 7.28. The quantitative estimate of drug-likeness (QED) is 0.689. The van der Waals surface area contributed by atoms with E-state index in [1.807, 2.05) is 12.1 Å². The summed E-state index contributed by atoms with van der Waals surface area (Å²) in [6.45, 7) is 9.42. The number of nitrogens with one attached hydrogen (secondary N) is 1. The van der Waals surface area contributed by atoms with Gasteiger partial charge in [-0.15, -0.1) is 0 Å². The maximum absolute atomic E-state index is 5.55. The number of hydrogen-bond donors (Lipinski definition) is 1. The Morgan fingerprint density at radius 1 is 1.25 bits per heavy atom. The third kappa shape index (κ3) is 4.27. The van der Waals surface area contributed by atoms with Crippen molar-refractivity contribution in [3.05, 3.63) is 35.9 Å². The smallest absolute Gasteiger partial charge is 0.165 e. The lowest BCUT2D eigenvalue weighted by Crippen LogP contribution is -2.23. The summed E-state index contributed by atoms with van der Waals surface area (Å²) in [6.07, 6.45) is 3.01. The van der Waals surface area contributed by atoms with E-state index in [0.717, 1.165) is 42.9 Å². The summed E-state index contributed by atoms with van der Waals surface area (Å²) in [5.74, 6) is 1.59. The van der Waals surface area contributed by atoms with Crippen LogP contribution in [0, 0.1) is 0 Å². The number of hydrogen-bond acceptors (Lipinski definition) is 3. The molecule has 0 radical (unpaired) electrons. The predicted octanol–water partition coefficient (Wildman–Crippen LogP) is 4.10. The summed E-state index contributed by atoms with van der Waals surface area (Å²) in [6, 6.07) is 6.24. The van der Waals surface area contributed by atoms with Crippen LogP contribution < -0.4 is 14.8 Å². The Bertz CT molecular complexity index is 429. The largest absolute Gasteiger partial charge is 0.493 e. The van der Waals surface area contributed by atoms with E-state index in [4.69, 9.17) is 9.47 Å². The third-order valence-corrected chi connectivity index (χ3v) is 3.44. The lowest BCUT2D eigenvalue weighted by molar-refractivity contribution is 0.346. The van der Waals surface area contributed by atoms with Crippen molar-refractivity contribution in [2.75, 3.05) is 20.8 Å². The average molecular weight is 277 g/mol. The van der Waals surface area contributed by atoms with E-state index in [-0.39, 0.29) is 6.04 Å². The van der Waals surface area contributed by atoms with Gasteiger partial charge in [0.25, 0.3) is 0 Å². The Balaban J connectivity index is 3.08. The molecule has 3 nitrogen and oxygen atoms in total. The molecular formula is C17H27NO2. The van der Waals surface area contributed by atoms with Gasteiger partial charge in [0.2, 0.25) is 0 Å². The van der Waals surface area contributed by atoms with Gasteiger partial charge in [-0.05, 0) is 31.9 Å². The normalized spacial score (nSPS) is 12.0. The lowest BCUT2D eigenvalue weighted by Gasteiger charge is -2.23. The molecule has 1 aromatic rings. The first kappa shape index (κ1) is 16.6. The van der Waals surface area contributed by atoms with E-state index < -0.39 is 0 Å². The van der Waals surface area contributed by atoms with Crippen LogP contribution >= 0.6 is 0 Å². The first-order chi connectivity index (χ1) is 9.67. The molecule has 1 aromatic carbocycles. The van der Waals surface area contributed by atoms with Crippen LogP contribution in [-0.4, -0.2) is 20.8 Å². The Morgan fingerprint density at radius 2 is 2.00 bits per heavy atom. The molecule has 112 valence electrons. The minimum atomic E-state index is 0.215. The molecule has 20 heavy (non-hydrogen) atoms. The van der Waals surface area contributed by atoms with Crippen LogP contribution in [0.3, 0.4) is 0 Å². The van der Waals surface area contributed by atoms with Gasteiger partial charge in [-0.1, -0.05) is 38.1 Å². The van der Waals surface area contributed by atoms with Gasteiger partial charge in [-0.25, -0.2) is 0 Å². The molecule has 1 atom stereocenters. The number of rotatable bonds is 9. The van der Waals surface area contributed by atoms with Gasteiger partial charge in [-0.3, -0.25) is 0 Å². The summed E-state index contributed by atoms with van der Waals surface area (Å²) >= 11 is 0. The van der Waals surface area contributed by atoms with Crippen molar-refractivity contribution in [3.8, 4) is 11.5 Å². The van der Waals surface area contributed by atoms with Crippen molar-refractivity contribution in [3.63, 3.8) is 0 Å². The van der Waals surface area contributed by atoms with Gasteiger partial charge in [-0.2, -0.15) is 0 Å². The van der Waals surface area contributed by atoms with Crippen molar-refractivity contribution in [1.29, 1.82) is 0 Å². The molecular weight excluding hydrogens is 250 g/mol. The van der Waals surface area contributed by atoms with Crippen LogP contribution in [-0.2, 0) is 0 Å². The molecule has 0 saturated heterocycles. The van der Waals surface area contributed by atoms with Crippen LogP contribution in [0.1, 0.15) is 44.7 Å². The highest BCUT2D eigenvalue weighted by Crippen LogP contribution is 2.36. The van der Waals surface area contributed by atoms with Gasteiger partial charge < -0.3 is 14.8 Å². The number of para-hydroxylation sites is 1. The predicted molar refractivity (Wildman–Crippen MR) is 84.6 cm³/mol. The van der Waals surface area contributed by atoms with Crippen LogP contribution in [0.15, 0.2) is 30.4 Å². The number of benzene rings is 1. The van der Waals surface area contributed by atoms with E-state index in [0.29, 0.717) is 0 Å². The van der Waals surface area contributed by atoms with E-state index >= 15 is 0 Å². The zero-order valence-corrected chi connectivity index (χ0v) is 13.2. The minimum absolute atomic E-state index is 0.215. The standard InChI is InChI=1S/C17H27NO2/c1-6-11-18-15(12-13(3)7-2)14-9-8-10-16(19-4)17(14)20-5/h8-10,15,18H,3,6-7,11-12H2,1-2,4-5H3. The van der Waals surface area contributed by atoms with Gasteiger partial charge in [0.1, 0.15) is 0 Å². The summed E-state index contributed by atoms with van der Waals surface area (Å²) in [5, 5.41) is 3.58. The molecule has 1 unspecified atom stereocenters. The molecule has 1 rings (SSSR count). The maximum atomic E-state index is 5.55. The summed E-state index contributed by atoms with van der Waals surface area (Å²) in [7, 11) is 3.36. The van der Waals surface area contributed by atoms with Crippen molar-refractivity contribution in [1.82, 2.24) is 5.32 Å². The van der Waals surface area contributed by atoms with Crippen molar-refractivity contribution in [2.24, 2.45) is 0 Å². The summed E-state index contributed by atoms with van der Waals surface area (Å²) in [5.41, 5.74) is 2.37. The van der Waals surface area contributed by atoms with E-state index in [1.165, 1.54) is 5.57 Å². The first-order valence-electron chi connectivity index (χ1n) is 7.28. The van der Waals surface area contributed by atoms with E-state index in [9.17, 15) is 0 Å². The second-order valence-electron chi connectivity index (χ2n) is 4.90. The van der Waals surface area contributed by atoms with Crippen molar-refractivity contribution < 1.29 is 9.47 Å². The molecule has 0 spiro atoms. The molecule has 0 fully saturated rings. The molecule has 3 heteroatoms. The molecule has 0 bridgehead atoms. The fourth-order valence-electron chi connectivity index (χ4n) is 2.23. The van der Waals surface area contributed by atoms with Gasteiger partial charge in [0, 0.05) is 11.6 Å². The Labute approximate surface area is 123 Å². The van der Waals surface area contributed by atoms with Gasteiger partial charge in [0.05, 0.1) is 14.2 Å². The van der Waals surface area contributed by atoms with E-state index in [2.05, 4.69) is 31.8 Å².